The van der Waals surface area contributed by atoms with E-state index >= 15 is 0 Å². The van der Waals surface area contributed by atoms with E-state index in [0.717, 1.165) is 6.42 Å². The fraction of sp³-hybridized carbons (Fsp3) is 0.417. The monoisotopic (exact) mass is 268 g/mol. The van der Waals surface area contributed by atoms with Crippen LogP contribution in [0, 0.1) is 10.1 Å². The van der Waals surface area contributed by atoms with E-state index in [4.69, 9.17) is 0 Å². The van der Waals surface area contributed by atoms with Gasteiger partial charge in [0.05, 0.1) is 9.82 Å². The maximum Gasteiger partial charge on any atom is 0.283 e. The zero-order valence-electron chi connectivity index (χ0n) is 10.6. The van der Waals surface area contributed by atoms with Crippen LogP contribution in [0.4, 0.5) is 5.69 Å². The summed E-state index contributed by atoms with van der Waals surface area (Å²) >= 11 is 1.29. The van der Waals surface area contributed by atoms with Crippen molar-refractivity contribution in [1.82, 2.24) is 5.32 Å². The third-order valence-electron chi connectivity index (χ3n) is 2.63. The Bertz CT molecular complexity index is 463. The topological polar surface area (TPSA) is 72.2 Å². The Hall–Kier alpha value is -1.56. The van der Waals surface area contributed by atoms with Crippen LogP contribution in [-0.4, -0.2) is 23.1 Å². The summed E-state index contributed by atoms with van der Waals surface area (Å²) in [5.74, 6) is -0.278. The van der Waals surface area contributed by atoms with Gasteiger partial charge in [-0.15, -0.1) is 11.8 Å². The van der Waals surface area contributed by atoms with E-state index in [1.165, 1.54) is 17.8 Å². The summed E-state index contributed by atoms with van der Waals surface area (Å²) in [6.07, 6.45) is 2.58. The minimum Gasteiger partial charge on any atom is -0.350 e. The summed E-state index contributed by atoms with van der Waals surface area (Å²) in [7, 11) is 0. The normalized spacial score (nSPS) is 11.9. The molecule has 0 aromatic heterocycles. The lowest BCUT2D eigenvalue weighted by atomic mass is 10.1. The predicted molar refractivity (Wildman–Crippen MR) is 72.1 cm³/mol. The molecule has 1 N–H and O–H groups in total. The standard InChI is InChI=1S/C12H16N2O3S/c1-4-8(2)13-12(15)9-5-6-11(18-3)10(7-9)14(16)17/h5-8H,4H2,1-3H3,(H,13,15)/t8-/m0/s1. The molecule has 0 aliphatic rings. The first-order chi connectivity index (χ1) is 8.49. The molecular formula is C12H16N2O3S. The van der Waals surface area contributed by atoms with Crippen LogP contribution in [0.15, 0.2) is 23.1 Å². The van der Waals surface area contributed by atoms with Gasteiger partial charge in [-0.1, -0.05) is 6.92 Å². The van der Waals surface area contributed by atoms with Crippen LogP contribution in [0.25, 0.3) is 0 Å². The van der Waals surface area contributed by atoms with Crippen LogP contribution >= 0.6 is 11.8 Å². The average molecular weight is 268 g/mol. The third-order valence-corrected chi connectivity index (χ3v) is 3.41. The van der Waals surface area contributed by atoms with Crippen molar-refractivity contribution in [3.8, 4) is 0 Å². The lowest BCUT2D eigenvalue weighted by Crippen LogP contribution is -2.31. The number of nitrogens with one attached hydrogen (secondary N) is 1. The summed E-state index contributed by atoms with van der Waals surface area (Å²) < 4.78 is 0. The first kappa shape index (κ1) is 14.5. The highest BCUT2D eigenvalue weighted by Gasteiger charge is 2.17. The Balaban J connectivity index is 3.01. The van der Waals surface area contributed by atoms with E-state index in [1.807, 2.05) is 13.8 Å². The number of hydrogen-bond acceptors (Lipinski definition) is 4. The molecule has 0 fully saturated rings. The fourth-order valence-electron chi connectivity index (χ4n) is 1.38. The second kappa shape index (κ2) is 6.39. The molecule has 0 aliphatic heterocycles. The number of rotatable bonds is 5. The zero-order chi connectivity index (χ0) is 13.7. The van der Waals surface area contributed by atoms with Gasteiger partial charge in [0.1, 0.15) is 0 Å². The van der Waals surface area contributed by atoms with Crippen molar-refractivity contribution in [2.24, 2.45) is 0 Å². The Morgan fingerprint density at radius 3 is 2.72 bits per heavy atom. The van der Waals surface area contributed by atoms with Gasteiger partial charge in [-0.2, -0.15) is 0 Å². The van der Waals surface area contributed by atoms with Gasteiger partial charge in [0, 0.05) is 17.7 Å². The summed E-state index contributed by atoms with van der Waals surface area (Å²) in [6, 6.07) is 4.59. The second-order valence-corrected chi connectivity index (χ2v) is 4.77. The van der Waals surface area contributed by atoms with Crippen molar-refractivity contribution in [2.75, 3.05) is 6.26 Å². The van der Waals surface area contributed by atoms with E-state index in [2.05, 4.69) is 5.32 Å². The summed E-state index contributed by atoms with van der Waals surface area (Å²) in [5.41, 5.74) is 0.291. The molecule has 0 spiro atoms. The largest absolute Gasteiger partial charge is 0.350 e. The van der Waals surface area contributed by atoms with Crippen LogP contribution < -0.4 is 5.32 Å². The van der Waals surface area contributed by atoms with Crippen molar-refractivity contribution in [3.63, 3.8) is 0 Å². The average Bonchev–Trinajstić information content (AvgIpc) is 2.37. The minimum absolute atomic E-state index is 0.0284. The Labute approximate surface area is 110 Å². The molecule has 0 aliphatic carbocycles. The molecule has 5 nitrogen and oxygen atoms in total. The van der Waals surface area contributed by atoms with Gasteiger partial charge in [0.25, 0.3) is 11.6 Å². The molecule has 18 heavy (non-hydrogen) atoms. The SMILES string of the molecule is CC[C@H](C)NC(=O)c1ccc(SC)c([N+](=O)[O-])c1. The van der Waals surface area contributed by atoms with E-state index in [9.17, 15) is 14.9 Å². The predicted octanol–water partition coefficient (Wildman–Crippen LogP) is 2.85. The third kappa shape index (κ3) is 3.46. The molecule has 0 bridgehead atoms. The molecule has 0 unspecified atom stereocenters. The number of nitro benzene ring substituents is 1. The molecule has 0 heterocycles. The van der Waals surface area contributed by atoms with E-state index < -0.39 is 4.92 Å². The Morgan fingerprint density at radius 1 is 1.56 bits per heavy atom. The number of carbonyl (C=O) groups is 1. The van der Waals surface area contributed by atoms with Gasteiger partial charge in [-0.05, 0) is 31.7 Å². The van der Waals surface area contributed by atoms with Crippen molar-refractivity contribution in [3.05, 3.63) is 33.9 Å². The van der Waals surface area contributed by atoms with E-state index in [0.29, 0.717) is 10.5 Å². The van der Waals surface area contributed by atoms with Crippen LogP contribution in [0.2, 0.25) is 0 Å². The van der Waals surface area contributed by atoms with Crippen molar-refractivity contribution >= 4 is 23.4 Å². The number of amides is 1. The molecule has 1 atom stereocenters. The first-order valence-electron chi connectivity index (χ1n) is 5.62. The van der Waals surface area contributed by atoms with E-state index in [-0.39, 0.29) is 17.6 Å². The molecule has 6 heteroatoms. The van der Waals surface area contributed by atoms with Crippen molar-refractivity contribution in [2.45, 2.75) is 31.2 Å². The van der Waals surface area contributed by atoms with Crippen molar-refractivity contribution < 1.29 is 9.72 Å². The highest BCUT2D eigenvalue weighted by atomic mass is 32.2. The second-order valence-electron chi connectivity index (χ2n) is 3.93. The lowest BCUT2D eigenvalue weighted by molar-refractivity contribution is -0.387. The Kier molecular flexibility index (Phi) is 5.15. The first-order valence-corrected chi connectivity index (χ1v) is 6.85. The molecule has 1 rings (SSSR count). The highest BCUT2D eigenvalue weighted by molar-refractivity contribution is 7.98. The van der Waals surface area contributed by atoms with Crippen LogP contribution in [0.1, 0.15) is 30.6 Å². The zero-order valence-corrected chi connectivity index (χ0v) is 11.4. The molecule has 1 amide bonds. The molecule has 0 saturated heterocycles. The summed E-state index contributed by atoms with van der Waals surface area (Å²) in [6.45, 7) is 3.85. The Morgan fingerprint density at radius 2 is 2.22 bits per heavy atom. The van der Waals surface area contributed by atoms with Gasteiger partial charge in [-0.3, -0.25) is 14.9 Å². The minimum atomic E-state index is -0.466. The maximum absolute atomic E-state index is 11.8. The summed E-state index contributed by atoms with van der Waals surface area (Å²) in [4.78, 5) is 22.8. The maximum atomic E-state index is 11.8. The van der Waals surface area contributed by atoms with Crippen LogP contribution in [0.5, 0.6) is 0 Å². The number of thioether (sulfide) groups is 1. The molecular weight excluding hydrogens is 252 g/mol. The highest BCUT2D eigenvalue weighted by Crippen LogP contribution is 2.28. The number of carbonyl (C=O) groups excluding carboxylic acids is 1. The number of hydrogen-bond donors (Lipinski definition) is 1. The number of benzene rings is 1. The van der Waals surface area contributed by atoms with Gasteiger partial charge in [0.15, 0.2) is 0 Å². The smallest absolute Gasteiger partial charge is 0.283 e. The van der Waals surface area contributed by atoms with Gasteiger partial charge >= 0.3 is 0 Å². The fourth-order valence-corrected chi connectivity index (χ4v) is 1.93. The molecule has 1 aromatic rings. The van der Waals surface area contributed by atoms with Gasteiger partial charge in [-0.25, -0.2) is 0 Å². The molecule has 0 radical (unpaired) electrons. The molecule has 0 saturated carbocycles. The number of nitrogens with zero attached hydrogens (tertiary/aromatic N) is 1. The van der Waals surface area contributed by atoms with Gasteiger partial charge in [0.2, 0.25) is 0 Å². The molecule has 1 aromatic carbocycles. The summed E-state index contributed by atoms with van der Waals surface area (Å²) in [5, 5.41) is 13.7. The quantitative estimate of drug-likeness (QED) is 0.506. The van der Waals surface area contributed by atoms with Crippen molar-refractivity contribution in [1.29, 1.82) is 0 Å². The van der Waals surface area contributed by atoms with Crippen LogP contribution in [0.3, 0.4) is 0 Å². The van der Waals surface area contributed by atoms with Crippen LogP contribution in [-0.2, 0) is 0 Å². The lowest BCUT2D eigenvalue weighted by Gasteiger charge is -2.11. The number of nitro groups is 1. The van der Waals surface area contributed by atoms with Gasteiger partial charge < -0.3 is 5.32 Å². The molecule has 98 valence electrons. The van der Waals surface area contributed by atoms with E-state index in [1.54, 1.807) is 18.4 Å².